The molecule has 0 saturated heterocycles. The molecule has 1 unspecified atom stereocenters. The molecule has 0 aromatic carbocycles. The van der Waals surface area contributed by atoms with Crippen molar-refractivity contribution in [2.75, 3.05) is 13.4 Å². The average molecular weight is 177 g/mol. The van der Waals surface area contributed by atoms with E-state index in [1.54, 1.807) is 6.26 Å². The highest BCUT2D eigenvalue weighted by Gasteiger charge is 2.37. The van der Waals surface area contributed by atoms with Crippen LogP contribution >= 0.6 is 11.8 Å². The van der Waals surface area contributed by atoms with Crippen LogP contribution in [0.1, 0.15) is 13.8 Å². The average Bonchev–Trinajstić information content (AvgIpc) is 2.01. The van der Waals surface area contributed by atoms with E-state index in [9.17, 15) is 4.79 Å². The minimum absolute atomic E-state index is 0.0740. The Morgan fingerprint density at radius 2 is 2.09 bits per heavy atom. The molecule has 0 heterocycles. The lowest BCUT2D eigenvalue weighted by Gasteiger charge is -2.27. The molecule has 0 aliphatic carbocycles. The third-order valence-corrected chi connectivity index (χ3v) is 3.01. The fraction of sp³-hybridized carbons (Fsp3) is 0.857. The van der Waals surface area contributed by atoms with Crippen molar-refractivity contribution in [1.29, 1.82) is 0 Å². The van der Waals surface area contributed by atoms with Gasteiger partial charge in [-0.15, -0.1) is 11.8 Å². The number of esters is 1. The fourth-order valence-electron chi connectivity index (χ4n) is 0.714. The largest absolute Gasteiger partial charge is 0.467 e. The number of ether oxygens (including phenoxy) is 1. The van der Waals surface area contributed by atoms with E-state index in [0.29, 0.717) is 0 Å². The van der Waals surface area contributed by atoms with Gasteiger partial charge in [0.15, 0.2) is 4.87 Å². The zero-order valence-corrected chi connectivity index (χ0v) is 8.20. The minimum Gasteiger partial charge on any atom is -0.467 e. The maximum Gasteiger partial charge on any atom is 0.336 e. The van der Waals surface area contributed by atoms with Gasteiger partial charge in [0, 0.05) is 0 Å². The topological polar surface area (TPSA) is 52.3 Å². The van der Waals surface area contributed by atoms with E-state index in [4.69, 9.17) is 5.73 Å². The third kappa shape index (κ3) is 2.10. The molecule has 0 bridgehead atoms. The van der Waals surface area contributed by atoms with E-state index in [2.05, 4.69) is 4.74 Å². The van der Waals surface area contributed by atoms with E-state index >= 15 is 0 Å². The van der Waals surface area contributed by atoms with E-state index in [-0.39, 0.29) is 11.9 Å². The molecule has 0 radical (unpaired) electrons. The predicted molar refractivity (Wildman–Crippen MR) is 47.3 cm³/mol. The van der Waals surface area contributed by atoms with Crippen molar-refractivity contribution in [2.24, 2.45) is 11.7 Å². The lowest BCUT2D eigenvalue weighted by Crippen LogP contribution is -2.49. The first kappa shape index (κ1) is 10.8. The van der Waals surface area contributed by atoms with Crippen molar-refractivity contribution >= 4 is 17.7 Å². The monoisotopic (exact) mass is 177 g/mol. The molecule has 0 aliphatic heterocycles. The van der Waals surface area contributed by atoms with Crippen LogP contribution in [0.15, 0.2) is 0 Å². The van der Waals surface area contributed by atoms with Gasteiger partial charge in [0.25, 0.3) is 0 Å². The maximum absolute atomic E-state index is 11.1. The molecule has 0 saturated carbocycles. The molecule has 11 heavy (non-hydrogen) atoms. The van der Waals surface area contributed by atoms with Crippen LogP contribution in [0.3, 0.4) is 0 Å². The number of nitrogens with two attached hydrogens (primary N) is 1. The van der Waals surface area contributed by atoms with Crippen molar-refractivity contribution in [1.82, 2.24) is 0 Å². The zero-order valence-electron chi connectivity index (χ0n) is 7.38. The Balaban J connectivity index is 4.45. The molecule has 0 fully saturated rings. The SMILES string of the molecule is COC(=O)C(N)(SC)C(C)C. The van der Waals surface area contributed by atoms with Gasteiger partial charge in [-0.05, 0) is 12.2 Å². The van der Waals surface area contributed by atoms with Crippen molar-refractivity contribution in [3.05, 3.63) is 0 Å². The second-order valence-corrected chi connectivity index (χ2v) is 3.73. The highest BCUT2D eigenvalue weighted by molar-refractivity contribution is 8.00. The first-order valence-electron chi connectivity index (χ1n) is 3.41. The molecule has 0 spiro atoms. The minimum atomic E-state index is -0.894. The van der Waals surface area contributed by atoms with Crippen LogP contribution in [-0.4, -0.2) is 24.2 Å². The number of thioether (sulfide) groups is 1. The summed E-state index contributed by atoms with van der Waals surface area (Å²) in [5.74, 6) is -0.287. The quantitative estimate of drug-likeness (QED) is 0.512. The smallest absolute Gasteiger partial charge is 0.336 e. The Bertz CT molecular complexity index is 149. The van der Waals surface area contributed by atoms with E-state index in [1.807, 2.05) is 13.8 Å². The third-order valence-electron chi connectivity index (χ3n) is 1.70. The van der Waals surface area contributed by atoms with Crippen molar-refractivity contribution in [3.63, 3.8) is 0 Å². The number of rotatable bonds is 3. The molecule has 0 aromatic rings. The van der Waals surface area contributed by atoms with Crippen molar-refractivity contribution in [3.8, 4) is 0 Å². The number of hydrogen-bond donors (Lipinski definition) is 1. The molecule has 0 amide bonds. The van der Waals surface area contributed by atoms with Crippen LogP contribution in [0.25, 0.3) is 0 Å². The Morgan fingerprint density at radius 3 is 2.18 bits per heavy atom. The Hall–Kier alpha value is -0.220. The van der Waals surface area contributed by atoms with Crippen molar-refractivity contribution < 1.29 is 9.53 Å². The molecule has 0 aliphatic rings. The van der Waals surface area contributed by atoms with E-state index in [0.717, 1.165) is 0 Å². The lowest BCUT2D eigenvalue weighted by molar-refractivity contribution is -0.144. The highest BCUT2D eigenvalue weighted by Crippen LogP contribution is 2.26. The van der Waals surface area contributed by atoms with Gasteiger partial charge in [-0.3, -0.25) is 0 Å². The summed E-state index contributed by atoms with van der Waals surface area (Å²) in [6.07, 6.45) is 1.80. The summed E-state index contributed by atoms with van der Waals surface area (Å²) in [5, 5.41) is 0. The number of carbonyl (C=O) groups is 1. The summed E-state index contributed by atoms with van der Waals surface area (Å²) < 4.78 is 4.58. The molecule has 3 nitrogen and oxygen atoms in total. The van der Waals surface area contributed by atoms with Crippen molar-refractivity contribution in [2.45, 2.75) is 18.7 Å². The van der Waals surface area contributed by atoms with E-state index in [1.165, 1.54) is 18.9 Å². The Morgan fingerprint density at radius 1 is 1.64 bits per heavy atom. The van der Waals surface area contributed by atoms with Crippen LogP contribution in [0.4, 0.5) is 0 Å². The summed E-state index contributed by atoms with van der Waals surface area (Å²) in [4.78, 5) is 10.2. The first-order chi connectivity index (χ1) is 4.99. The Labute approximate surface area is 71.7 Å². The van der Waals surface area contributed by atoms with Gasteiger partial charge in [-0.1, -0.05) is 13.8 Å². The second-order valence-electron chi connectivity index (χ2n) is 2.64. The lowest BCUT2D eigenvalue weighted by atomic mass is 10.1. The molecule has 4 heteroatoms. The van der Waals surface area contributed by atoms with Gasteiger partial charge in [-0.25, -0.2) is 4.79 Å². The highest BCUT2D eigenvalue weighted by atomic mass is 32.2. The molecule has 0 aromatic heterocycles. The zero-order chi connectivity index (χ0) is 9.07. The van der Waals surface area contributed by atoms with Gasteiger partial charge >= 0.3 is 5.97 Å². The van der Waals surface area contributed by atoms with Crippen LogP contribution in [0.2, 0.25) is 0 Å². The molecular formula is C7H15NO2S. The van der Waals surface area contributed by atoms with Gasteiger partial charge in [-0.2, -0.15) is 0 Å². The Kier molecular flexibility index (Phi) is 3.89. The summed E-state index contributed by atoms with van der Waals surface area (Å²) in [7, 11) is 1.35. The summed E-state index contributed by atoms with van der Waals surface area (Å²) in [6, 6.07) is 0. The standard InChI is InChI=1S/C7H15NO2S/c1-5(2)7(8,11-4)6(9)10-3/h5H,8H2,1-4H3. The maximum atomic E-state index is 11.1. The van der Waals surface area contributed by atoms with Crippen LogP contribution in [0, 0.1) is 5.92 Å². The van der Waals surface area contributed by atoms with Gasteiger partial charge in [0.2, 0.25) is 0 Å². The van der Waals surface area contributed by atoms with Crippen LogP contribution in [-0.2, 0) is 9.53 Å². The number of methoxy groups -OCH3 is 1. The molecule has 2 N–H and O–H groups in total. The number of carbonyl (C=O) groups excluding carboxylic acids is 1. The summed E-state index contributed by atoms with van der Waals surface area (Å²) in [5.41, 5.74) is 5.78. The molecular weight excluding hydrogens is 162 g/mol. The van der Waals surface area contributed by atoms with Gasteiger partial charge in [0.1, 0.15) is 0 Å². The van der Waals surface area contributed by atoms with E-state index < -0.39 is 4.87 Å². The predicted octanol–water partition coefficient (Wildman–Crippen LogP) is 0.833. The van der Waals surface area contributed by atoms with Crippen LogP contribution < -0.4 is 5.73 Å². The first-order valence-corrected chi connectivity index (χ1v) is 4.64. The second kappa shape index (κ2) is 3.97. The fourth-order valence-corrected chi connectivity index (χ4v) is 1.44. The molecule has 1 atom stereocenters. The molecule has 0 rings (SSSR count). The number of hydrogen-bond acceptors (Lipinski definition) is 4. The van der Waals surface area contributed by atoms with Gasteiger partial charge in [0.05, 0.1) is 7.11 Å². The van der Waals surface area contributed by atoms with Crippen LogP contribution in [0.5, 0.6) is 0 Å². The normalized spacial score (nSPS) is 16.2. The summed E-state index contributed by atoms with van der Waals surface area (Å²) in [6.45, 7) is 3.79. The molecule has 66 valence electrons. The summed E-state index contributed by atoms with van der Waals surface area (Å²) >= 11 is 1.32. The van der Waals surface area contributed by atoms with Gasteiger partial charge < -0.3 is 10.5 Å².